The van der Waals surface area contributed by atoms with Crippen LogP contribution in [0, 0.1) is 18.6 Å². The molecule has 3 aromatic rings. The van der Waals surface area contributed by atoms with Crippen LogP contribution in [0.15, 0.2) is 18.3 Å². The van der Waals surface area contributed by atoms with Gasteiger partial charge in [0.15, 0.2) is 5.82 Å². The Bertz CT molecular complexity index is 964. The van der Waals surface area contributed by atoms with E-state index in [4.69, 9.17) is 23.2 Å². The van der Waals surface area contributed by atoms with E-state index in [0.717, 1.165) is 0 Å². The van der Waals surface area contributed by atoms with Crippen LogP contribution < -0.4 is 5.44 Å². The van der Waals surface area contributed by atoms with E-state index in [2.05, 4.69) is 15.0 Å². The molecule has 0 saturated heterocycles. The van der Waals surface area contributed by atoms with Crippen LogP contribution in [0.25, 0.3) is 22.3 Å². The fourth-order valence-electron chi connectivity index (χ4n) is 2.31. The highest BCUT2D eigenvalue weighted by molar-refractivity contribution is 7.63. The van der Waals surface area contributed by atoms with Crippen molar-refractivity contribution >= 4 is 47.6 Å². The predicted octanol–water partition coefficient (Wildman–Crippen LogP) is 4.95. The van der Waals surface area contributed by atoms with Crippen molar-refractivity contribution in [2.45, 2.75) is 6.92 Å². The topological polar surface area (TPSA) is 38.7 Å². The largest absolute Gasteiger partial charge is 0.253 e. The fourth-order valence-corrected chi connectivity index (χ4v) is 3.50. The molecule has 24 heavy (non-hydrogen) atoms. The second-order valence-corrected chi connectivity index (χ2v) is 8.40. The Morgan fingerprint density at radius 1 is 1.00 bits per heavy atom. The first-order valence-corrected chi connectivity index (χ1v) is 9.94. The molecule has 3 heterocycles. The van der Waals surface area contributed by atoms with Gasteiger partial charge >= 0.3 is 0 Å². The lowest BCUT2D eigenvalue weighted by molar-refractivity contribution is 0.624. The number of hydrogen-bond acceptors (Lipinski definition) is 3. The van der Waals surface area contributed by atoms with Crippen molar-refractivity contribution in [3.8, 4) is 11.3 Å². The molecule has 0 radical (unpaired) electrons. The lowest BCUT2D eigenvalue weighted by Crippen LogP contribution is -2.10. The zero-order valence-electron chi connectivity index (χ0n) is 13.0. The van der Waals surface area contributed by atoms with Gasteiger partial charge in [-0.15, -0.1) is 0 Å². The van der Waals surface area contributed by atoms with Crippen molar-refractivity contribution in [1.29, 1.82) is 0 Å². The minimum absolute atomic E-state index is 0.0411. The molecular formula is C16H12Cl2F2N3P. The summed E-state index contributed by atoms with van der Waals surface area (Å²) in [6.45, 7) is 5.46. The van der Waals surface area contributed by atoms with Gasteiger partial charge in [0, 0.05) is 17.8 Å². The number of pyridine rings is 3. The number of nitrogens with zero attached hydrogens (tertiary/aromatic N) is 3. The Morgan fingerprint density at radius 3 is 2.33 bits per heavy atom. The first-order chi connectivity index (χ1) is 11.3. The summed E-state index contributed by atoms with van der Waals surface area (Å²) in [4.78, 5) is 12.5. The van der Waals surface area contributed by atoms with Crippen molar-refractivity contribution < 1.29 is 8.78 Å². The lowest BCUT2D eigenvalue weighted by Gasteiger charge is -2.10. The molecule has 0 atom stereocenters. The average molecular weight is 386 g/mol. The Hall–Kier alpha value is -1.42. The van der Waals surface area contributed by atoms with Gasteiger partial charge in [0.05, 0.1) is 26.7 Å². The summed E-state index contributed by atoms with van der Waals surface area (Å²) in [6.07, 6.45) is 1.41. The summed E-state index contributed by atoms with van der Waals surface area (Å²) < 4.78 is 28.6. The molecule has 124 valence electrons. The number of aromatic nitrogens is 3. The van der Waals surface area contributed by atoms with Crippen molar-refractivity contribution in [3.05, 3.63) is 45.7 Å². The van der Waals surface area contributed by atoms with E-state index >= 15 is 0 Å². The Kier molecular flexibility index (Phi) is 4.69. The lowest BCUT2D eigenvalue weighted by atomic mass is 10.1. The second kappa shape index (κ2) is 6.47. The Balaban J connectivity index is 2.23. The highest BCUT2D eigenvalue weighted by Crippen LogP contribution is 2.33. The van der Waals surface area contributed by atoms with Crippen LogP contribution in [0.1, 0.15) is 5.69 Å². The van der Waals surface area contributed by atoms with Crippen molar-refractivity contribution in [2.75, 3.05) is 13.3 Å². The minimum atomic E-state index is -0.696. The third-order valence-corrected chi connectivity index (χ3v) is 5.58. The maximum atomic E-state index is 14.4. The number of hydrogen-bond donors (Lipinski definition) is 0. The summed E-state index contributed by atoms with van der Waals surface area (Å²) in [7, 11) is -0.696. The van der Waals surface area contributed by atoms with Crippen LogP contribution in [-0.2, 0) is 0 Å². The molecule has 0 bridgehead atoms. The van der Waals surface area contributed by atoms with Crippen LogP contribution in [0.2, 0.25) is 10.0 Å². The quantitative estimate of drug-likeness (QED) is 0.585. The number of aryl methyl sites for hydroxylation is 1. The first kappa shape index (κ1) is 17.4. The number of rotatable bonds is 2. The van der Waals surface area contributed by atoms with Crippen LogP contribution in [0.4, 0.5) is 8.78 Å². The van der Waals surface area contributed by atoms with E-state index in [1.807, 2.05) is 13.3 Å². The summed E-state index contributed by atoms with van der Waals surface area (Å²) in [5, 5.41) is 0.451. The van der Waals surface area contributed by atoms with Crippen LogP contribution in [0.3, 0.4) is 0 Å². The third-order valence-electron chi connectivity index (χ3n) is 3.48. The van der Waals surface area contributed by atoms with Gasteiger partial charge in [-0.3, -0.25) is 4.98 Å². The number of fused-ring (bicyclic) bond motifs is 1. The molecule has 3 aromatic heterocycles. The molecule has 3 rings (SSSR count). The van der Waals surface area contributed by atoms with Gasteiger partial charge in [0.25, 0.3) is 0 Å². The van der Waals surface area contributed by atoms with Gasteiger partial charge in [0.1, 0.15) is 17.0 Å². The van der Waals surface area contributed by atoms with E-state index in [0.29, 0.717) is 16.6 Å². The zero-order valence-corrected chi connectivity index (χ0v) is 15.4. The Labute approximate surface area is 148 Å². The molecule has 8 heteroatoms. The molecule has 0 unspecified atom stereocenters. The second-order valence-electron chi connectivity index (χ2n) is 5.44. The van der Waals surface area contributed by atoms with E-state index in [9.17, 15) is 8.78 Å². The zero-order chi connectivity index (χ0) is 17.6. The summed E-state index contributed by atoms with van der Waals surface area (Å²) in [5.41, 5.74) is 1.62. The minimum Gasteiger partial charge on any atom is -0.253 e. The van der Waals surface area contributed by atoms with Crippen LogP contribution in [-0.4, -0.2) is 28.3 Å². The maximum absolute atomic E-state index is 14.4. The molecule has 0 aromatic carbocycles. The Morgan fingerprint density at radius 2 is 1.71 bits per heavy atom. The van der Waals surface area contributed by atoms with Crippen molar-refractivity contribution in [1.82, 2.24) is 15.0 Å². The standard InChI is InChI=1S/C16H12Cl2F2N3P/c1-7-12(17)13(18)15-11(22-7)5-9(19)14(23-15)8-4-10(20)16(21-6-8)24(2)3/h4-6H,1-3H3. The van der Waals surface area contributed by atoms with Gasteiger partial charge in [-0.1, -0.05) is 31.1 Å². The van der Waals surface area contributed by atoms with Crippen LogP contribution in [0.5, 0.6) is 0 Å². The molecule has 0 aliphatic carbocycles. The fraction of sp³-hybridized carbons (Fsp3) is 0.188. The molecule has 0 N–H and O–H groups in total. The summed E-state index contributed by atoms with van der Waals surface area (Å²) in [6, 6.07) is 2.45. The van der Waals surface area contributed by atoms with Gasteiger partial charge in [0.2, 0.25) is 0 Å². The molecule has 0 aliphatic heterocycles. The molecule has 3 nitrogen and oxygen atoms in total. The van der Waals surface area contributed by atoms with Crippen LogP contribution >= 0.6 is 31.1 Å². The smallest absolute Gasteiger partial charge is 0.151 e. The van der Waals surface area contributed by atoms with E-state index < -0.39 is 19.6 Å². The van der Waals surface area contributed by atoms with Crippen molar-refractivity contribution in [3.63, 3.8) is 0 Å². The highest BCUT2D eigenvalue weighted by Gasteiger charge is 2.17. The molecule has 0 amide bonds. The van der Waals surface area contributed by atoms with Crippen molar-refractivity contribution in [2.24, 2.45) is 0 Å². The maximum Gasteiger partial charge on any atom is 0.151 e. The SMILES string of the molecule is Cc1nc2cc(F)c(-c3cnc(P(C)C)c(F)c3)nc2c(Cl)c1Cl. The molecule has 0 fully saturated rings. The monoisotopic (exact) mass is 385 g/mol. The molecule has 0 spiro atoms. The van der Waals surface area contributed by atoms with E-state index in [1.54, 1.807) is 6.92 Å². The third kappa shape index (κ3) is 2.97. The number of halogens is 4. The van der Waals surface area contributed by atoms with Gasteiger partial charge in [-0.2, -0.15) is 0 Å². The van der Waals surface area contributed by atoms with E-state index in [-0.39, 0.29) is 26.8 Å². The molecular weight excluding hydrogens is 374 g/mol. The van der Waals surface area contributed by atoms with Gasteiger partial charge < -0.3 is 0 Å². The predicted molar refractivity (Wildman–Crippen MR) is 95.8 cm³/mol. The summed E-state index contributed by atoms with van der Waals surface area (Å²) >= 11 is 12.3. The molecule has 0 saturated carbocycles. The normalized spacial score (nSPS) is 11.5. The first-order valence-electron chi connectivity index (χ1n) is 6.94. The summed E-state index contributed by atoms with van der Waals surface area (Å²) in [5.74, 6) is -1.10. The van der Waals surface area contributed by atoms with E-state index in [1.165, 1.54) is 18.3 Å². The van der Waals surface area contributed by atoms with Gasteiger partial charge in [-0.25, -0.2) is 18.7 Å². The van der Waals surface area contributed by atoms with Gasteiger partial charge in [-0.05, 0) is 26.3 Å². The highest BCUT2D eigenvalue weighted by atomic mass is 35.5. The average Bonchev–Trinajstić information content (AvgIpc) is 2.52. The molecule has 0 aliphatic rings.